The van der Waals surface area contributed by atoms with E-state index in [1.54, 1.807) is 18.9 Å². The second-order valence-corrected chi connectivity index (χ2v) is 5.79. The van der Waals surface area contributed by atoms with Crippen molar-refractivity contribution in [2.75, 3.05) is 18.2 Å². The number of ether oxygens (including phenoxy) is 1. The second kappa shape index (κ2) is 7.10. The fourth-order valence-corrected chi connectivity index (χ4v) is 2.46. The van der Waals surface area contributed by atoms with Crippen molar-refractivity contribution in [1.29, 1.82) is 0 Å². The Labute approximate surface area is 137 Å². The molecule has 0 fully saturated rings. The van der Waals surface area contributed by atoms with E-state index in [4.69, 9.17) is 4.74 Å². The van der Waals surface area contributed by atoms with Crippen LogP contribution >= 0.6 is 11.8 Å². The summed E-state index contributed by atoms with van der Waals surface area (Å²) in [7, 11) is 1.64. The molecule has 1 aromatic carbocycles. The van der Waals surface area contributed by atoms with Crippen molar-refractivity contribution in [2.45, 2.75) is 12.1 Å². The average molecular weight is 328 g/mol. The lowest BCUT2D eigenvalue weighted by molar-refractivity contribution is 0.415. The normalized spacial score (nSPS) is 10.5. The lowest BCUT2D eigenvalue weighted by atomic mass is 10.1. The molecule has 2 heterocycles. The number of anilines is 2. The molecular weight excluding hydrogens is 312 g/mol. The minimum absolute atomic E-state index is 0.549. The molecular formula is C15H16N6OS. The molecule has 0 saturated carbocycles. The first kappa shape index (κ1) is 15.3. The van der Waals surface area contributed by atoms with E-state index in [1.807, 2.05) is 36.4 Å². The number of thioether (sulfide) groups is 1. The first-order chi connectivity index (χ1) is 11.3. The van der Waals surface area contributed by atoms with Crippen LogP contribution in [0.3, 0.4) is 0 Å². The molecule has 0 aliphatic rings. The van der Waals surface area contributed by atoms with Crippen LogP contribution in [0.25, 0.3) is 11.3 Å². The van der Waals surface area contributed by atoms with Crippen LogP contribution in [0, 0.1) is 0 Å². The maximum absolute atomic E-state index is 5.15. The molecule has 0 saturated heterocycles. The molecule has 7 nitrogen and oxygen atoms in total. The third kappa shape index (κ3) is 3.78. The predicted octanol–water partition coefficient (Wildman–Crippen LogP) is 3.13. The lowest BCUT2D eigenvalue weighted by Crippen LogP contribution is -1.98. The van der Waals surface area contributed by atoms with Crippen molar-refractivity contribution in [3.63, 3.8) is 0 Å². The molecule has 3 rings (SSSR count). The van der Waals surface area contributed by atoms with Crippen LogP contribution in [0.15, 0.2) is 41.6 Å². The number of aromatic amines is 1. The van der Waals surface area contributed by atoms with Gasteiger partial charge in [-0.05, 0) is 42.2 Å². The fraction of sp³-hybridized carbons (Fsp3) is 0.200. The number of rotatable bonds is 6. The number of methoxy groups -OCH3 is 1. The third-order valence-electron chi connectivity index (χ3n) is 3.04. The lowest BCUT2D eigenvalue weighted by Gasteiger charge is -2.04. The zero-order valence-electron chi connectivity index (χ0n) is 12.8. The van der Waals surface area contributed by atoms with Crippen molar-refractivity contribution in [3.05, 3.63) is 36.4 Å². The van der Waals surface area contributed by atoms with Crippen LogP contribution in [-0.4, -0.2) is 38.2 Å². The van der Waals surface area contributed by atoms with Gasteiger partial charge < -0.3 is 10.1 Å². The van der Waals surface area contributed by atoms with Gasteiger partial charge in [0.1, 0.15) is 5.75 Å². The molecule has 0 spiro atoms. The summed E-state index contributed by atoms with van der Waals surface area (Å²) in [5.41, 5.74) is 1.77. The van der Waals surface area contributed by atoms with Crippen molar-refractivity contribution < 1.29 is 4.74 Å². The summed E-state index contributed by atoms with van der Waals surface area (Å²) in [6.07, 6.45) is 0. The van der Waals surface area contributed by atoms with Gasteiger partial charge in [0.2, 0.25) is 11.1 Å². The summed E-state index contributed by atoms with van der Waals surface area (Å²) in [6, 6.07) is 11.4. The van der Waals surface area contributed by atoms with Gasteiger partial charge in [0.05, 0.1) is 12.8 Å². The van der Waals surface area contributed by atoms with Gasteiger partial charge >= 0.3 is 0 Å². The molecule has 3 aromatic rings. The Morgan fingerprint density at radius 3 is 2.61 bits per heavy atom. The first-order valence-electron chi connectivity index (χ1n) is 7.09. The molecule has 0 amide bonds. The van der Waals surface area contributed by atoms with E-state index in [0.717, 1.165) is 22.8 Å². The number of aromatic nitrogens is 5. The number of nitrogens with zero attached hydrogens (tertiary/aromatic N) is 4. The maximum atomic E-state index is 5.15. The SMILES string of the molecule is CCSc1n[nH]c(Nc2ccc(-c3ccc(OC)cc3)nn2)n1. The van der Waals surface area contributed by atoms with Crippen LogP contribution in [0.4, 0.5) is 11.8 Å². The maximum Gasteiger partial charge on any atom is 0.225 e. The zero-order valence-corrected chi connectivity index (χ0v) is 13.6. The van der Waals surface area contributed by atoms with Crippen LogP contribution in [0.1, 0.15) is 6.92 Å². The van der Waals surface area contributed by atoms with Crippen LogP contribution in [-0.2, 0) is 0 Å². The van der Waals surface area contributed by atoms with E-state index in [2.05, 4.69) is 37.6 Å². The Kier molecular flexibility index (Phi) is 4.72. The first-order valence-corrected chi connectivity index (χ1v) is 8.07. The highest BCUT2D eigenvalue weighted by Crippen LogP contribution is 2.21. The summed E-state index contributed by atoms with van der Waals surface area (Å²) in [5.74, 6) is 2.89. The van der Waals surface area contributed by atoms with E-state index in [1.165, 1.54) is 0 Å². The van der Waals surface area contributed by atoms with Gasteiger partial charge in [-0.25, -0.2) is 5.10 Å². The van der Waals surface area contributed by atoms with Crippen molar-refractivity contribution >= 4 is 23.5 Å². The quantitative estimate of drug-likeness (QED) is 0.672. The second-order valence-electron chi connectivity index (χ2n) is 4.56. The summed E-state index contributed by atoms with van der Waals surface area (Å²) in [6.45, 7) is 2.05. The van der Waals surface area contributed by atoms with E-state index in [0.29, 0.717) is 16.9 Å². The van der Waals surface area contributed by atoms with Gasteiger partial charge in [-0.15, -0.1) is 15.3 Å². The number of nitrogens with one attached hydrogen (secondary N) is 2. The molecule has 0 aliphatic carbocycles. The summed E-state index contributed by atoms with van der Waals surface area (Å²) >= 11 is 1.57. The minimum Gasteiger partial charge on any atom is -0.497 e. The van der Waals surface area contributed by atoms with Gasteiger partial charge in [0.25, 0.3) is 0 Å². The van der Waals surface area contributed by atoms with Crippen LogP contribution < -0.4 is 10.1 Å². The highest BCUT2D eigenvalue weighted by molar-refractivity contribution is 7.99. The van der Waals surface area contributed by atoms with Gasteiger partial charge in [-0.1, -0.05) is 18.7 Å². The van der Waals surface area contributed by atoms with Crippen molar-refractivity contribution in [2.24, 2.45) is 0 Å². The fourth-order valence-electron chi connectivity index (χ4n) is 1.93. The Bertz CT molecular complexity index is 756. The Morgan fingerprint density at radius 2 is 1.96 bits per heavy atom. The van der Waals surface area contributed by atoms with E-state index in [-0.39, 0.29) is 0 Å². The van der Waals surface area contributed by atoms with Gasteiger partial charge in [-0.2, -0.15) is 4.98 Å². The molecule has 0 bridgehead atoms. The number of H-pyrrole nitrogens is 1. The summed E-state index contributed by atoms with van der Waals surface area (Å²) < 4.78 is 5.15. The largest absolute Gasteiger partial charge is 0.497 e. The Morgan fingerprint density at radius 1 is 1.13 bits per heavy atom. The van der Waals surface area contributed by atoms with Crippen LogP contribution in [0.5, 0.6) is 5.75 Å². The van der Waals surface area contributed by atoms with Gasteiger partial charge in [-0.3, -0.25) is 0 Å². The predicted molar refractivity (Wildman–Crippen MR) is 90.1 cm³/mol. The average Bonchev–Trinajstić information content (AvgIpc) is 3.03. The summed E-state index contributed by atoms with van der Waals surface area (Å²) in [5, 5.41) is 19.0. The molecule has 2 N–H and O–H groups in total. The summed E-state index contributed by atoms with van der Waals surface area (Å²) in [4.78, 5) is 4.30. The smallest absolute Gasteiger partial charge is 0.225 e. The van der Waals surface area contributed by atoms with Gasteiger partial charge in [0, 0.05) is 5.56 Å². The van der Waals surface area contributed by atoms with Crippen molar-refractivity contribution in [3.8, 4) is 17.0 Å². The molecule has 8 heteroatoms. The third-order valence-corrected chi connectivity index (χ3v) is 3.76. The molecule has 0 atom stereocenters. The highest BCUT2D eigenvalue weighted by Gasteiger charge is 2.05. The number of hydrogen-bond acceptors (Lipinski definition) is 7. The number of hydrogen-bond donors (Lipinski definition) is 2. The Balaban J connectivity index is 1.70. The van der Waals surface area contributed by atoms with Gasteiger partial charge in [0.15, 0.2) is 5.82 Å². The molecule has 118 valence electrons. The van der Waals surface area contributed by atoms with Crippen molar-refractivity contribution in [1.82, 2.24) is 25.4 Å². The number of benzene rings is 1. The van der Waals surface area contributed by atoms with E-state index in [9.17, 15) is 0 Å². The molecule has 23 heavy (non-hydrogen) atoms. The Hall–Kier alpha value is -2.61. The van der Waals surface area contributed by atoms with E-state index < -0.39 is 0 Å². The molecule has 0 radical (unpaired) electrons. The molecule has 2 aromatic heterocycles. The standard InChI is InChI=1S/C15H16N6OS/c1-3-23-15-17-14(20-21-15)16-13-9-8-12(18-19-13)10-4-6-11(22-2)7-5-10/h4-9H,3H2,1-2H3,(H2,16,17,19,20,21). The highest BCUT2D eigenvalue weighted by atomic mass is 32.2. The van der Waals surface area contributed by atoms with E-state index >= 15 is 0 Å². The topological polar surface area (TPSA) is 88.6 Å². The minimum atomic E-state index is 0.549. The zero-order chi connectivity index (χ0) is 16.1. The molecule has 0 unspecified atom stereocenters. The monoisotopic (exact) mass is 328 g/mol. The molecule has 0 aliphatic heterocycles. The van der Waals surface area contributed by atoms with Crippen LogP contribution in [0.2, 0.25) is 0 Å².